The molecule has 0 bridgehead atoms. The smallest absolute Gasteiger partial charge is 0.254 e. The summed E-state index contributed by atoms with van der Waals surface area (Å²) in [5.74, 6) is -0.856. The summed E-state index contributed by atoms with van der Waals surface area (Å²) in [6.07, 6.45) is 8.40. The van der Waals surface area contributed by atoms with E-state index < -0.39 is 5.92 Å². The van der Waals surface area contributed by atoms with Crippen LogP contribution in [-0.4, -0.2) is 59.4 Å². The van der Waals surface area contributed by atoms with Crippen molar-refractivity contribution >= 4 is 44.4 Å². The number of rotatable bonds is 6. The van der Waals surface area contributed by atoms with Crippen LogP contribution in [0.5, 0.6) is 0 Å². The van der Waals surface area contributed by atoms with Crippen molar-refractivity contribution in [1.82, 2.24) is 20.0 Å². The monoisotopic (exact) mass is 485 g/mol. The molecule has 31 heavy (non-hydrogen) atoms. The van der Waals surface area contributed by atoms with Gasteiger partial charge in [-0.15, -0.1) is 0 Å². The second-order valence-electron chi connectivity index (χ2n) is 8.72. The Kier molecular flexibility index (Phi) is 6.39. The van der Waals surface area contributed by atoms with Gasteiger partial charge in [-0.2, -0.15) is 5.10 Å². The predicted octanol–water partition coefficient (Wildman–Crippen LogP) is 3.75. The van der Waals surface area contributed by atoms with E-state index in [9.17, 15) is 9.59 Å². The van der Waals surface area contributed by atoms with Crippen LogP contribution in [0.25, 0.3) is 10.9 Å². The van der Waals surface area contributed by atoms with E-state index in [1.165, 1.54) is 12.8 Å². The van der Waals surface area contributed by atoms with E-state index in [0.29, 0.717) is 23.9 Å². The second-order valence-corrected chi connectivity index (χ2v) is 9.64. The molecule has 7 nitrogen and oxygen atoms in total. The molecule has 1 atom stereocenters. The van der Waals surface area contributed by atoms with Crippen LogP contribution in [0.3, 0.4) is 0 Å². The predicted molar refractivity (Wildman–Crippen MR) is 126 cm³/mol. The highest BCUT2D eigenvalue weighted by Crippen LogP contribution is 2.33. The van der Waals surface area contributed by atoms with Crippen molar-refractivity contribution in [3.05, 3.63) is 40.0 Å². The number of carbonyl (C=O) groups is 2. The number of amides is 2. The molecule has 4 rings (SSSR count). The fraction of sp³-hybridized carbons (Fsp3) is 0.478. The zero-order valence-electron chi connectivity index (χ0n) is 18.2. The third-order valence-corrected chi connectivity index (χ3v) is 6.45. The first kappa shape index (κ1) is 21.9. The van der Waals surface area contributed by atoms with Gasteiger partial charge in [-0.1, -0.05) is 28.8 Å². The molecule has 0 saturated heterocycles. The number of hydrogen-bond donors (Lipinski definition) is 1. The Morgan fingerprint density at radius 1 is 1.29 bits per heavy atom. The maximum atomic E-state index is 13.1. The number of fused-ring (bicyclic) bond motifs is 1. The van der Waals surface area contributed by atoms with Gasteiger partial charge in [0.15, 0.2) is 0 Å². The summed E-state index contributed by atoms with van der Waals surface area (Å²) in [5, 5.41) is 8.41. The average molecular weight is 486 g/mol. The lowest BCUT2D eigenvalue weighted by Gasteiger charge is -2.24. The molecule has 1 aromatic carbocycles. The van der Waals surface area contributed by atoms with E-state index in [0.717, 1.165) is 33.8 Å². The summed E-state index contributed by atoms with van der Waals surface area (Å²) in [6, 6.07) is 4.24. The third kappa shape index (κ3) is 4.65. The Hall–Kier alpha value is -2.32. The molecule has 8 heteroatoms. The lowest BCUT2D eigenvalue weighted by atomic mass is 9.93. The molecule has 1 aromatic heterocycles. The van der Waals surface area contributed by atoms with Crippen molar-refractivity contribution in [3.8, 4) is 0 Å². The molecule has 1 saturated carbocycles. The summed E-state index contributed by atoms with van der Waals surface area (Å²) in [6.45, 7) is 2.69. The Bertz CT molecular complexity index is 1080. The number of allylic oxidation sites excluding steroid dienone is 1. The van der Waals surface area contributed by atoms with E-state index in [1.807, 2.05) is 44.1 Å². The first-order valence-electron chi connectivity index (χ1n) is 10.7. The molecule has 0 radical (unpaired) electrons. The number of dihydropyridines is 1. The van der Waals surface area contributed by atoms with E-state index in [2.05, 4.69) is 36.0 Å². The second kappa shape index (κ2) is 9.04. The largest absolute Gasteiger partial charge is 0.351 e. The summed E-state index contributed by atoms with van der Waals surface area (Å²) in [7, 11) is 3.92. The molecule has 164 valence electrons. The van der Waals surface area contributed by atoms with Gasteiger partial charge in [0.1, 0.15) is 0 Å². The zero-order valence-corrected chi connectivity index (χ0v) is 19.8. The normalized spacial score (nSPS) is 19.8. The van der Waals surface area contributed by atoms with Crippen molar-refractivity contribution in [3.63, 3.8) is 0 Å². The van der Waals surface area contributed by atoms with Crippen LogP contribution in [0.1, 0.15) is 49.0 Å². The maximum absolute atomic E-state index is 13.1. The number of halogens is 1. The minimum Gasteiger partial charge on any atom is -0.351 e. The van der Waals surface area contributed by atoms with Crippen LogP contribution in [0, 0.1) is 5.92 Å². The quantitative estimate of drug-likeness (QED) is 0.675. The van der Waals surface area contributed by atoms with Gasteiger partial charge >= 0.3 is 0 Å². The van der Waals surface area contributed by atoms with Crippen molar-refractivity contribution in [2.24, 2.45) is 10.9 Å². The van der Waals surface area contributed by atoms with Crippen molar-refractivity contribution in [2.45, 2.75) is 38.6 Å². The molecule has 1 aliphatic carbocycles. The van der Waals surface area contributed by atoms with Gasteiger partial charge in [-0.25, -0.2) is 4.99 Å². The molecule has 1 fully saturated rings. The number of aliphatic imine (C=N–C) groups is 1. The van der Waals surface area contributed by atoms with E-state index in [4.69, 9.17) is 0 Å². The Morgan fingerprint density at radius 3 is 2.74 bits per heavy atom. The minimum atomic E-state index is -0.445. The molecule has 0 spiro atoms. The Labute approximate surface area is 190 Å². The molecule has 2 amide bonds. The van der Waals surface area contributed by atoms with Crippen LogP contribution >= 0.6 is 15.9 Å². The fourth-order valence-corrected chi connectivity index (χ4v) is 5.03. The van der Waals surface area contributed by atoms with Crippen molar-refractivity contribution in [2.75, 3.05) is 27.2 Å². The van der Waals surface area contributed by atoms with Gasteiger partial charge in [-0.05, 0) is 57.6 Å². The SMILES string of the molecule is CC1=NC(=O)C(CNC(=O)c2cc(Br)cc3c2cnn3C2CCCC2)C(CN(C)C)=C1. The molecule has 1 aliphatic heterocycles. The van der Waals surface area contributed by atoms with Gasteiger partial charge in [0, 0.05) is 28.7 Å². The van der Waals surface area contributed by atoms with Crippen LogP contribution in [0.2, 0.25) is 0 Å². The first-order chi connectivity index (χ1) is 14.8. The zero-order chi connectivity index (χ0) is 22.1. The molecule has 2 aliphatic rings. The highest BCUT2D eigenvalue weighted by Gasteiger charge is 2.28. The maximum Gasteiger partial charge on any atom is 0.254 e. The number of carbonyl (C=O) groups excluding carboxylic acids is 2. The van der Waals surface area contributed by atoms with Crippen LogP contribution in [-0.2, 0) is 4.79 Å². The Balaban J connectivity index is 1.56. The van der Waals surface area contributed by atoms with Gasteiger partial charge in [0.2, 0.25) is 0 Å². The fourth-order valence-electron chi connectivity index (χ4n) is 4.58. The van der Waals surface area contributed by atoms with E-state index in [-0.39, 0.29) is 18.4 Å². The minimum absolute atomic E-state index is 0.203. The van der Waals surface area contributed by atoms with Crippen LogP contribution in [0.4, 0.5) is 0 Å². The topological polar surface area (TPSA) is 79.6 Å². The third-order valence-electron chi connectivity index (χ3n) is 5.99. The number of nitrogens with zero attached hydrogens (tertiary/aromatic N) is 4. The number of aromatic nitrogens is 2. The standard InChI is InChI=1S/C23H28BrN5O2/c1-14-8-15(13-28(2)3)19(23(31)27-14)11-25-22(30)18-9-16(24)10-21-20(18)12-26-29(21)17-6-4-5-7-17/h8-10,12,17,19H,4-7,11,13H2,1-3H3,(H,25,30). The van der Waals surface area contributed by atoms with E-state index >= 15 is 0 Å². The molecular formula is C23H28BrN5O2. The number of hydrogen-bond acceptors (Lipinski definition) is 4. The lowest BCUT2D eigenvalue weighted by Crippen LogP contribution is -2.37. The van der Waals surface area contributed by atoms with E-state index in [1.54, 1.807) is 6.20 Å². The molecule has 1 N–H and O–H groups in total. The number of nitrogens with one attached hydrogen (secondary N) is 1. The Morgan fingerprint density at radius 2 is 2.03 bits per heavy atom. The highest BCUT2D eigenvalue weighted by atomic mass is 79.9. The molecule has 1 unspecified atom stereocenters. The summed E-state index contributed by atoms with van der Waals surface area (Å²) in [5.41, 5.74) is 3.21. The summed E-state index contributed by atoms with van der Waals surface area (Å²) in [4.78, 5) is 31.8. The summed E-state index contributed by atoms with van der Waals surface area (Å²) >= 11 is 3.55. The molecule has 2 heterocycles. The first-order valence-corrected chi connectivity index (χ1v) is 11.5. The van der Waals surface area contributed by atoms with Gasteiger partial charge in [0.05, 0.1) is 29.2 Å². The van der Waals surface area contributed by atoms with Gasteiger partial charge in [-0.3, -0.25) is 14.3 Å². The van der Waals surface area contributed by atoms with Crippen LogP contribution < -0.4 is 5.32 Å². The lowest BCUT2D eigenvalue weighted by molar-refractivity contribution is -0.120. The average Bonchev–Trinajstić information content (AvgIpc) is 3.35. The number of benzene rings is 1. The van der Waals surface area contributed by atoms with Gasteiger partial charge < -0.3 is 10.2 Å². The number of likely N-dealkylation sites (N-methyl/N-ethyl adjacent to an activating group) is 1. The molecule has 2 aromatic rings. The highest BCUT2D eigenvalue weighted by molar-refractivity contribution is 9.10. The van der Waals surface area contributed by atoms with Crippen molar-refractivity contribution < 1.29 is 9.59 Å². The van der Waals surface area contributed by atoms with Crippen LogP contribution in [0.15, 0.2) is 39.4 Å². The van der Waals surface area contributed by atoms with Gasteiger partial charge in [0.25, 0.3) is 11.8 Å². The summed E-state index contributed by atoms with van der Waals surface area (Å²) < 4.78 is 2.90. The van der Waals surface area contributed by atoms with Crippen molar-refractivity contribution in [1.29, 1.82) is 0 Å². The molecular weight excluding hydrogens is 458 g/mol.